The highest BCUT2D eigenvalue weighted by molar-refractivity contribution is 5.91. The number of carbonyl (C=O) groups excluding carboxylic acids is 1. The normalized spacial score (nSPS) is 12.2. The molecule has 0 aliphatic carbocycles. The van der Waals surface area contributed by atoms with Crippen molar-refractivity contribution in [1.82, 2.24) is 0 Å². The lowest BCUT2D eigenvalue weighted by Gasteiger charge is -2.12. The zero-order valence-corrected chi connectivity index (χ0v) is 8.07. The molecule has 0 heterocycles. The van der Waals surface area contributed by atoms with Gasteiger partial charge in [-0.25, -0.2) is 4.79 Å². The van der Waals surface area contributed by atoms with E-state index >= 15 is 0 Å². The van der Waals surface area contributed by atoms with Crippen LogP contribution in [0.3, 0.4) is 0 Å². The molecular weight excluding hydrogens is 180 g/mol. The van der Waals surface area contributed by atoms with E-state index in [4.69, 9.17) is 11.5 Å². The minimum absolute atomic E-state index is 0.300. The highest BCUT2D eigenvalue weighted by Crippen LogP contribution is 2.15. The molecule has 1 rings (SSSR count). The zero-order valence-electron chi connectivity index (χ0n) is 8.07. The first-order valence-corrected chi connectivity index (χ1v) is 4.33. The lowest BCUT2D eigenvalue weighted by Crippen LogP contribution is -2.23. The molecular formula is C10H14N2O2. The van der Waals surface area contributed by atoms with Crippen molar-refractivity contribution in [2.24, 2.45) is 11.5 Å². The number of hydrogen-bond acceptors (Lipinski definition) is 4. The van der Waals surface area contributed by atoms with Crippen LogP contribution >= 0.6 is 0 Å². The number of hydrogen-bond donors (Lipinski definition) is 2. The van der Waals surface area contributed by atoms with Gasteiger partial charge in [0, 0.05) is 12.6 Å². The number of rotatable bonds is 3. The third kappa shape index (κ3) is 2.10. The van der Waals surface area contributed by atoms with Crippen LogP contribution in [0, 0.1) is 0 Å². The van der Waals surface area contributed by atoms with E-state index in [2.05, 4.69) is 4.74 Å². The van der Waals surface area contributed by atoms with Crippen LogP contribution in [0.5, 0.6) is 0 Å². The number of benzene rings is 1. The van der Waals surface area contributed by atoms with E-state index < -0.39 is 0 Å². The van der Waals surface area contributed by atoms with Crippen LogP contribution in [0.25, 0.3) is 0 Å². The topological polar surface area (TPSA) is 78.3 Å². The molecule has 14 heavy (non-hydrogen) atoms. The summed E-state index contributed by atoms with van der Waals surface area (Å²) in [6.45, 7) is 0.300. The number of carbonyl (C=O) groups is 1. The Morgan fingerprint density at radius 1 is 1.50 bits per heavy atom. The fourth-order valence-corrected chi connectivity index (χ4v) is 1.24. The van der Waals surface area contributed by atoms with Gasteiger partial charge >= 0.3 is 5.97 Å². The lowest BCUT2D eigenvalue weighted by atomic mass is 10.0. The van der Waals surface area contributed by atoms with Crippen LogP contribution in [0.15, 0.2) is 24.3 Å². The van der Waals surface area contributed by atoms with Crippen molar-refractivity contribution in [3.63, 3.8) is 0 Å². The first-order chi connectivity index (χ1) is 6.70. The standard InChI is InChI=1S/C10H14N2O2/c1-14-10(13)8-5-3-2-4-7(8)9(12)6-11/h2-5,9H,6,11-12H2,1H3/t9-/m0/s1. The zero-order chi connectivity index (χ0) is 10.6. The van der Waals surface area contributed by atoms with E-state index in [9.17, 15) is 4.79 Å². The Bertz CT molecular complexity index is 326. The van der Waals surface area contributed by atoms with Gasteiger partial charge in [-0.15, -0.1) is 0 Å². The molecule has 76 valence electrons. The Morgan fingerprint density at radius 3 is 2.71 bits per heavy atom. The first-order valence-electron chi connectivity index (χ1n) is 4.33. The molecule has 4 nitrogen and oxygen atoms in total. The highest BCUT2D eigenvalue weighted by Gasteiger charge is 2.14. The molecule has 0 saturated carbocycles. The van der Waals surface area contributed by atoms with E-state index in [0.29, 0.717) is 12.1 Å². The van der Waals surface area contributed by atoms with Crippen molar-refractivity contribution in [3.8, 4) is 0 Å². The summed E-state index contributed by atoms with van der Waals surface area (Å²) >= 11 is 0. The molecule has 0 amide bonds. The predicted molar refractivity (Wildman–Crippen MR) is 53.8 cm³/mol. The molecule has 4 N–H and O–H groups in total. The molecule has 1 atom stereocenters. The Labute approximate surface area is 82.8 Å². The molecule has 0 aliphatic rings. The molecule has 0 unspecified atom stereocenters. The SMILES string of the molecule is COC(=O)c1ccccc1[C@@H](N)CN. The number of esters is 1. The Morgan fingerprint density at radius 2 is 2.14 bits per heavy atom. The van der Waals surface area contributed by atoms with Crippen molar-refractivity contribution in [1.29, 1.82) is 0 Å². The smallest absolute Gasteiger partial charge is 0.338 e. The van der Waals surface area contributed by atoms with E-state index in [1.807, 2.05) is 6.07 Å². The molecule has 0 bridgehead atoms. The van der Waals surface area contributed by atoms with Gasteiger partial charge in [-0.1, -0.05) is 18.2 Å². The Balaban J connectivity index is 3.09. The Hall–Kier alpha value is -1.39. The Kier molecular flexibility index (Phi) is 3.62. The third-order valence-corrected chi connectivity index (χ3v) is 2.02. The van der Waals surface area contributed by atoms with E-state index in [-0.39, 0.29) is 12.0 Å². The summed E-state index contributed by atoms with van der Waals surface area (Å²) in [6, 6.07) is 6.71. The number of methoxy groups -OCH3 is 1. The summed E-state index contributed by atoms with van der Waals surface area (Å²) in [7, 11) is 1.34. The summed E-state index contributed by atoms with van der Waals surface area (Å²) in [6.07, 6.45) is 0. The van der Waals surface area contributed by atoms with Gasteiger partial charge in [-0.2, -0.15) is 0 Å². The average molecular weight is 194 g/mol. The highest BCUT2D eigenvalue weighted by atomic mass is 16.5. The van der Waals surface area contributed by atoms with Gasteiger partial charge in [0.15, 0.2) is 0 Å². The van der Waals surface area contributed by atoms with Crippen LogP contribution in [0.4, 0.5) is 0 Å². The molecule has 4 heteroatoms. The third-order valence-electron chi connectivity index (χ3n) is 2.02. The number of ether oxygens (including phenoxy) is 1. The summed E-state index contributed by atoms with van der Waals surface area (Å²) in [4.78, 5) is 11.3. The fourth-order valence-electron chi connectivity index (χ4n) is 1.24. The maximum atomic E-state index is 11.3. The van der Waals surface area contributed by atoms with Gasteiger partial charge in [-0.05, 0) is 11.6 Å². The molecule has 1 aromatic rings. The van der Waals surface area contributed by atoms with Gasteiger partial charge in [-0.3, -0.25) is 0 Å². The summed E-state index contributed by atoms with van der Waals surface area (Å²) < 4.78 is 4.64. The van der Waals surface area contributed by atoms with Crippen LogP contribution in [0.1, 0.15) is 22.0 Å². The molecule has 0 aliphatic heterocycles. The maximum absolute atomic E-state index is 11.3. The van der Waals surface area contributed by atoms with Gasteiger partial charge in [0.2, 0.25) is 0 Å². The molecule has 1 aromatic carbocycles. The second-order valence-corrected chi connectivity index (χ2v) is 2.92. The second kappa shape index (κ2) is 4.74. The van der Waals surface area contributed by atoms with Crippen molar-refractivity contribution < 1.29 is 9.53 Å². The molecule has 0 spiro atoms. The summed E-state index contributed by atoms with van der Waals surface area (Å²) in [5, 5.41) is 0. The maximum Gasteiger partial charge on any atom is 0.338 e. The summed E-state index contributed by atoms with van der Waals surface area (Å²) in [5.74, 6) is -0.385. The first kappa shape index (κ1) is 10.7. The van der Waals surface area contributed by atoms with Gasteiger partial charge in [0.05, 0.1) is 12.7 Å². The average Bonchev–Trinajstić information content (AvgIpc) is 2.27. The number of nitrogens with two attached hydrogens (primary N) is 2. The van der Waals surface area contributed by atoms with Crippen LogP contribution < -0.4 is 11.5 Å². The molecule has 0 fully saturated rings. The van der Waals surface area contributed by atoms with Crippen LogP contribution in [-0.4, -0.2) is 19.6 Å². The lowest BCUT2D eigenvalue weighted by molar-refractivity contribution is 0.0599. The minimum Gasteiger partial charge on any atom is -0.465 e. The van der Waals surface area contributed by atoms with Crippen molar-refractivity contribution >= 4 is 5.97 Å². The van der Waals surface area contributed by atoms with Gasteiger partial charge < -0.3 is 16.2 Å². The molecule has 0 saturated heterocycles. The molecule has 0 aromatic heterocycles. The molecule has 0 radical (unpaired) electrons. The minimum atomic E-state index is -0.385. The van der Waals surface area contributed by atoms with Gasteiger partial charge in [0.25, 0.3) is 0 Å². The monoisotopic (exact) mass is 194 g/mol. The summed E-state index contributed by atoms with van der Waals surface area (Å²) in [5.41, 5.74) is 12.4. The van der Waals surface area contributed by atoms with E-state index in [1.54, 1.807) is 18.2 Å². The largest absolute Gasteiger partial charge is 0.465 e. The van der Waals surface area contributed by atoms with Crippen LogP contribution in [0.2, 0.25) is 0 Å². The predicted octanol–water partition coefficient (Wildman–Crippen LogP) is 0.432. The fraction of sp³-hybridized carbons (Fsp3) is 0.300. The van der Waals surface area contributed by atoms with E-state index in [1.165, 1.54) is 7.11 Å². The quantitative estimate of drug-likeness (QED) is 0.684. The van der Waals surface area contributed by atoms with Crippen molar-refractivity contribution in [2.45, 2.75) is 6.04 Å². The van der Waals surface area contributed by atoms with Crippen molar-refractivity contribution in [2.75, 3.05) is 13.7 Å². The van der Waals surface area contributed by atoms with Crippen molar-refractivity contribution in [3.05, 3.63) is 35.4 Å². The van der Waals surface area contributed by atoms with Gasteiger partial charge in [0.1, 0.15) is 0 Å². The second-order valence-electron chi connectivity index (χ2n) is 2.92. The van der Waals surface area contributed by atoms with Crippen LogP contribution in [-0.2, 0) is 4.74 Å². The van der Waals surface area contributed by atoms with E-state index in [0.717, 1.165) is 5.56 Å².